The van der Waals surface area contributed by atoms with E-state index in [2.05, 4.69) is 27.7 Å². The summed E-state index contributed by atoms with van der Waals surface area (Å²) in [6.07, 6.45) is -0.958. The average Bonchev–Trinajstić information content (AvgIpc) is 1.82. The molecule has 0 saturated heterocycles. The third-order valence-electron chi connectivity index (χ3n) is 3.45. The third-order valence-corrected chi connectivity index (χ3v) is 3.45. The maximum Gasteiger partial charge on any atom is 0.0597 e. The molecule has 0 saturated carbocycles. The fraction of sp³-hybridized carbons (Fsp3) is 1.00. The van der Waals surface area contributed by atoms with Gasteiger partial charge in [-0.2, -0.15) is 0 Å². The Labute approximate surface area is 82.0 Å². The van der Waals surface area contributed by atoms with E-state index in [1.807, 2.05) is 0 Å². The van der Waals surface area contributed by atoms with Gasteiger partial charge >= 0.3 is 0 Å². The molecule has 0 fully saturated rings. The highest BCUT2D eigenvalue weighted by Gasteiger charge is 2.45. The fourth-order valence-corrected chi connectivity index (χ4v) is 2.95. The van der Waals surface area contributed by atoms with E-state index in [9.17, 15) is 10.2 Å². The van der Waals surface area contributed by atoms with E-state index in [-0.39, 0.29) is 17.3 Å². The number of hydrogen-bond acceptors (Lipinski definition) is 2. The molecule has 0 spiro atoms. The maximum absolute atomic E-state index is 9.81. The van der Waals surface area contributed by atoms with Gasteiger partial charge in [-0.25, -0.2) is 0 Å². The summed E-state index contributed by atoms with van der Waals surface area (Å²) in [5.41, 5.74) is -0.389. The van der Waals surface area contributed by atoms with E-state index in [1.165, 1.54) is 0 Å². The van der Waals surface area contributed by atoms with Crippen LogP contribution in [-0.4, -0.2) is 22.4 Å². The summed E-state index contributed by atoms with van der Waals surface area (Å²) < 4.78 is 0. The van der Waals surface area contributed by atoms with Crippen LogP contribution in [-0.2, 0) is 0 Å². The Morgan fingerprint density at radius 1 is 0.692 bits per heavy atom. The van der Waals surface area contributed by atoms with Gasteiger partial charge in [0.25, 0.3) is 0 Å². The quantitative estimate of drug-likeness (QED) is 0.709. The van der Waals surface area contributed by atoms with Crippen LogP contribution >= 0.6 is 0 Å². The lowest BCUT2D eigenvalue weighted by atomic mass is 9.62. The molecule has 2 N–H and O–H groups in total. The standard InChI is InChI=1S/C11H24O2/c1-7(2)11(8(3)4,9(5)12)10(6)13/h7-10,12-13H,1-6H3. The summed E-state index contributed by atoms with van der Waals surface area (Å²) in [4.78, 5) is 0. The summed E-state index contributed by atoms with van der Waals surface area (Å²) in [5, 5.41) is 19.6. The number of hydrogen-bond donors (Lipinski definition) is 2. The molecular formula is C11H24O2. The van der Waals surface area contributed by atoms with Crippen LogP contribution in [0.3, 0.4) is 0 Å². The van der Waals surface area contributed by atoms with Gasteiger partial charge < -0.3 is 10.2 Å². The fourth-order valence-electron chi connectivity index (χ4n) is 2.95. The summed E-state index contributed by atoms with van der Waals surface area (Å²) in [5.74, 6) is 0.542. The molecule has 13 heavy (non-hydrogen) atoms. The highest BCUT2D eigenvalue weighted by Crippen LogP contribution is 2.42. The van der Waals surface area contributed by atoms with Gasteiger partial charge in [-0.05, 0) is 25.7 Å². The molecule has 0 amide bonds. The van der Waals surface area contributed by atoms with E-state index in [0.717, 1.165) is 0 Å². The van der Waals surface area contributed by atoms with Crippen molar-refractivity contribution in [2.45, 2.75) is 53.8 Å². The van der Waals surface area contributed by atoms with Crippen molar-refractivity contribution in [3.63, 3.8) is 0 Å². The molecule has 0 aliphatic heterocycles. The van der Waals surface area contributed by atoms with E-state index >= 15 is 0 Å². The number of aliphatic hydroxyl groups excluding tert-OH is 2. The first-order valence-corrected chi connectivity index (χ1v) is 5.14. The molecule has 0 aliphatic carbocycles. The van der Waals surface area contributed by atoms with Gasteiger partial charge in [0.05, 0.1) is 12.2 Å². The van der Waals surface area contributed by atoms with Crippen LogP contribution in [0, 0.1) is 17.3 Å². The second-order valence-corrected chi connectivity index (χ2v) is 4.66. The van der Waals surface area contributed by atoms with Crippen LogP contribution in [0.5, 0.6) is 0 Å². The third kappa shape index (κ3) is 2.05. The number of rotatable bonds is 4. The second kappa shape index (κ2) is 4.43. The average molecular weight is 188 g/mol. The summed E-state index contributed by atoms with van der Waals surface area (Å²) >= 11 is 0. The molecule has 80 valence electrons. The molecule has 0 aromatic rings. The van der Waals surface area contributed by atoms with E-state index in [0.29, 0.717) is 0 Å². The minimum Gasteiger partial charge on any atom is -0.393 e. The van der Waals surface area contributed by atoms with E-state index in [1.54, 1.807) is 13.8 Å². The molecule has 0 aromatic carbocycles. The molecule has 2 nitrogen and oxygen atoms in total. The Bertz CT molecular complexity index is 111. The molecular weight excluding hydrogens is 164 g/mol. The van der Waals surface area contributed by atoms with Crippen molar-refractivity contribution in [1.29, 1.82) is 0 Å². The molecule has 0 heterocycles. The summed E-state index contributed by atoms with van der Waals surface area (Å²) in [6, 6.07) is 0. The Hall–Kier alpha value is -0.0800. The van der Waals surface area contributed by atoms with Crippen LogP contribution in [0.15, 0.2) is 0 Å². The van der Waals surface area contributed by atoms with Gasteiger partial charge in [-0.15, -0.1) is 0 Å². The minimum absolute atomic E-state index is 0.271. The highest BCUT2D eigenvalue weighted by molar-refractivity contribution is 4.93. The normalized spacial score (nSPS) is 18.0. The summed E-state index contributed by atoms with van der Waals surface area (Å²) in [6.45, 7) is 11.8. The lowest BCUT2D eigenvalue weighted by molar-refractivity contribution is -0.114. The monoisotopic (exact) mass is 188 g/mol. The Balaban J connectivity index is 5.06. The molecule has 0 radical (unpaired) electrons. The van der Waals surface area contributed by atoms with Crippen molar-refractivity contribution in [3.8, 4) is 0 Å². The molecule has 2 atom stereocenters. The first-order chi connectivity index (χ1) is 5.77. The Kier molecular flexibility index (Phi) is 4.40. The van der Waals surface area contributed by atoms with Crippen LogP contribution in [0.2, 0.25) is 0 Å². The van der Waals surface area contributed by atoms with Crippen molar-refractivity contribution in [2.75, 3.05) is 0 Å². The van der Waals surface area contributed by atoms with Crippen molar-refractivity contribution in [2.24, 2.45) is 17.3 Å². The van der Waals surface area contributed by atoms with Gasteiger partial charge in [0.1, 0.15) is 0 Å². The lowest BCUT2D eigenvalue weighted by Crippen LogP contribution is -2.50. The van der Waals surface area contributed by atoms with Crippen LogP contribution in [0.4, 0.5) is 0 Å². The Morgan fingerprint density at radius 3 is 0.923 bits per heavy atom. The molecule has 0 rings (SSSR count). The number of aliphatic hydroxyl groups is 2. The minimum atomic E-state index is -0.479. The van der Waals surface area contributed by atoms with E-state index in [4.69, 9.17) is 0 Å². The topological polar surface area (TPSA) is 40.5 Å². The molecule has 0 aliphatic rings. The molecule has 0 aromatic heterocycles. The first-order valence-electron chi connectivity index (χ1n) is 5.14. The van der Waals surface area contributed by atoms with Crippen LogP contribution < -0.4 is 0 Å². The first kappa shape index (κ1) is 12.9. The van der Waals surface area contributed by atoms with Gasteiger partial charge in [-0.3, -0.25) is 0 Å². The van der Waals surface area contributed by atoms with Gasteiger partial charge in [0.15, 0.2) is 0 Å². The zero-order valence-electron chi connectivity index (χ0n) is 9.70. The molecule has 2 heteroatoms. The maximum atomic E-state index is 9.81. The van der Waals surface area contributed by atoms with Gasteiger partial charge in [0, 0.05) is 5.41 Å². The smallest absolute Gasteiger partial charge is 0.0597 e. The van der Waals surface area contributed by atoms with Crippen molar-refractivity contribution in [1.82, 2.24) is 0 Å². The predicted octanol–water partition coefficient (Wildman–Crippen LogP) is 2.05. The van der Waals surface area contributed by atoms with Crippen molar-refractivity contribution < 1.29 is 10.2 Å². The predicted molar refractivity (Wildman–Crippen MR) is 55.5 cm³/mol. The molecule has 2 unspecified atom stereocenters. The van der Waals surface area contributed by atoms with Gasteiger partial charge in [-0.1, -0.05) is 27.7 Å². The SMILES string of the molecule is CC(C)C(C(C)C)(C(C)O)C(C)O. The highest BCUT2D eigenvalue weighted by atomic mass is 16.3. The van der Waals surface area contributed by atoms with E-state index < -0.39 is 12.2 Å². The lowest BCUT2D eigenvalue weighted by Gasteiger charge is -2.46. The summed E-state index contributed by atoms with van der Waals surface area (Å²) in [7, 11) is 0. The Morgan fingerprint density at radius 2 is 0.923 bits per heavy atom. The van der Waals surface area contributed by atoms with Crippen LogP contribution in [0.1, 0.15) is 41.5 Å². The molecule has 0 bridgehead atoms. The second-order valence-electron chi connectivity index (χ2n) is 4.66. The van der Waals surface area contributed by atoms with Crippen molar-refractivity contribution in [3.05, 3.63) is 0 Å². The largest absolute Gasteiger partial charge is 0.393 e. The zero-order chi connectivity index (χ0) is 10.8. The van der Waals surface area contributed by atoms with Crippen molar-refractivity contribution >= 4 is 0 Å². The van der Waals surface area contributed by atoms with Crippen LogP contribution in [0.25, 0.3) is 0 Å². The zero-order valence-corrected chi connectivity index (χ0v) is 9.70. The van der Waals surface area contributed by atoms with Gasteiger partial charge in [0.2, 0.25) is 0 Å².